The molecular formula is C13H22F3N2O4S+. The van der Waals surface area contributed by atoms with Gasteiger partial charge in [-0.3, -0.25) is 0 Å². The molecule has 1 aliphatic rings. The average Bonchev–Trinajstić information content (AvgIpc) is 2.44. The molecule has 0 bridgehead atoms. The number of halogens is 3. The summed E-state index contributed by atoms with van der Waals surface area (Å²) in [6.45, 7) is 4.60. The summed E-state index contributed by atoms with van der Waals surface area (Å²) in [7, 11) is 3.39. The van der Waals surface area contributed by atoms with Crippen LogP contribution in [0.25, 0.3) is 0 Å². The molecule has 5 unspecified atom stereocenters. The minimum absolute atomic E-state index is 0.0358. The summed E-state index contributed by atoms with van der Waals surface area (Å²) in [6, 6.07) is 0. The molecule has 2 N–H and O–H groups in total. The van der Waals surface area contributed by atoms with Crippen LogP contribution in [0.15, 0.2) is 0 Å². The Balaban J connectivity index is 2.95. The van der Waals surface area contributed by atoms with Crippen LogP contribution in [-0.2, 0) is 9.47 Å². The standard InChI is InChI=1S/C13H22F3N2O4S/c1-5-21-11(13(14,15)16)10-9(20)7(19)6-8(22-10)23-12(17-2)18(3)4/h7-11,19-20H,2,5-6H2,1,3-4H3/q+1. The Morgan fingerprint density at radius 2 is 2.09 bits per heavy atom. The van der Waals surface area contributed by atoms with E-state index in [-0.39, 0.29) is 13.0 Å². The van der Waals surface area contributed by atoms with Gasteiger partial charge in [0.1, 0.15) is 17.6 Å². The molecule has 0 radical (unpaired) electrons. The number of aliphatic hydroxyl groups is 2. The summed E-state index contributed by atoms with van der Waals surface area (Å²) < 4.78 is 53.2. The molecule has 0 saturated carbocycles. The molecule has 0 aliphatic carbocycles. The highest BCUT2D eigenvalue weighted by molar-refractivity contribution is 8.14. The zero-order chi connectivity index (χ0) is 17.8. The first-order valence-electron chi connectivity index (χ1n) is 6.99. The quantitative estimate of drug-likeness (QED) is 0.425. The van der Waals surface area contributed by atoms with E-state index >= 15 is 0 Å². The van der Waals surface area contributed by atoms with E-state index < -0.39 is 36.0 Å². The topological polar surface area (TPSA) is 76.3 Å². The van der Waals surface area contributed by atoms with Gasteiger partial charge in [0.15, 0.2) is 12.8 Å². The van der Waals surface area contributed by atoms with Gasteiger partial charge in [-0.1, -0.05) is 0 Å². The number of aliphatic hydroxyl groups excluding tert-OH is 2. The lowest BCUT2D eigenvalue weighted by molar-refractivity contribution is -0.281. The van der Waals surface area contributed by atoms with Crippen molar-refractivity contribution in [1.29, 1.82) is 0 Å². The first-order chi connectivity index (χ1) is 10.6. The summed E-state index contributed by atoms with van der Waals surface area (Å²) in [4.78, 5) is 1.62. The SMILES string of the molecule is C=[N+]=C(SC1CC(O)C(O)C(C(OCC)C(F)(F)F)O1)N(C)C. The van der Waals surface area contributed by atoms with Crippen molar-refractivity contribution >= 4 is 23.6 Å². The van der Waals surface area contributed by atoms with E-state index in [1.165, 1.54) is 6.92 Å². The van der Waals surface area contributed by atoms with E-state index in [1.807, 2.05) is 0 Å². The lowest BCUT2D eigenvalue weighted by atomic mass is 9.97. The number of ether oxygens (including phenoxy) is 2. The van der Waals surface area contributed by atoms with Gasteiger partial charge >= 0.3 is 11.3 Å². The van der Waals surface area contributed by atoms with Gasteiger partial charge in [-0.05, 0) is 6.92 Å². The minimum Gasteiger partial charge on any atom is -0.390 e. The van der Waals surface area contributed by atoms with Crippen molar-refractivity contribution < 1.29 is 32.9 Å². The molecule has 0 amide bonds. The van der Waals surface area contributed by atoms with E-state index in [9.17, 15) is 23.4 Å². The van der Waals surface area contributed by atoms with Crippen molar-refractivity contribution in [2.45, 2.75) is 49.4 Å². The number of alkyl halides is 3. The van der Waals surface area contributed by atoms with Crippen LogP contribution >= 0.6 is 11.8 Å². The van der Waals surface area contributed by atoms with Crippen molar-refractivity contribution in [3.8, 4) is 0 Å². The van der Waals surface area contributed by atoms with Crippen LogP contribution in [0, 0.1) is 0 Å². The number of rotatable bonds is 4. The van der Waals surface area contributed by atoms with Gasteiger partial charge in [0.05, 0.1) is 20.2 Å². The monoisotopic (exact) mass is 359 g/mol. The second kappa shape index (κ2) is 8.36. The number of hydrogen-bond acceptors (Lipinski definition) is 5. The molecule has 10 heteroatoms. The van der Waals surface area contributed by atoms with E-state index in [1.54, 1.807) is 19.0 Å². The maximum Gasteiger partial charge on any atom is 0.417 e. The van der Waals surface area contributed by atoms with Crippen molar-refractivity contribution in [2.75, 3.05) is 20.7 Å². The lowest BCUT2D eigenvalue weighted by Gasteiger charge is -2.40. The molecule has 5 atom stereocenters. The molecule has 0 aromatic rings. The highest BCUT2D eigenvalue weighted by Gasteiger charge is 2.53. The predicted octanol–water partition coefficient (Wildman–Crippen LogP) is 0.209. The van der Waals surface area contributed by atoms with Crippen molar-refractivity contribution in [3.63, 3.8) is 0 Å². The first kappa shape index (κ1) is 20.3. The maximum absolute atomic E-state index is 13.1. The summed E-state index contributed by atoms with van der Waals surface area (Å²) in [5.74, 6) is 0. The molecule has 1 heterocycles. The van der Waals surface area contributed by atoms with E-state index in [4.69, 9.17) is 9.47 Å². The van der Waals surface area contributed by atoms with Gasteiger partial charge in [-0.2, -0.15) is 13.2 Å². The maximum atomic E-state index is 13.1. The van der Waals surface area contributed by atoms with Crippen LogP contribution in [0.3, 0.4) is 0 Å². The van der Waals surface area contributed by atoms with Crippen molar-refractivity contribution in [1.82, 2.24) is 9.57 Å². The third-order valence-corrected chi connectivity index (χ3v) is 4.47. The molecule has 1 fully saturated rings. The van der Waals surface area contributed by atoms with Gasteiger partial charge in [0, 0.05) is 24.8 Å². The fourth-order valence-electron chi connectivity index (χ4n) is 2.15. The van der Waals surface area contributed by atoms with Crippen LogP contribution < -0.4 is 4.67 Å². The van der Waals surface area contributed by atoms with E-state index in [0.717, 1.165) is 11.8 Å². The fraction of sp³-hybridized carbons (Fsp3) is 0.846. The van der Waals surface area contributed by atoms with Crippen molar-refractivity contribution in [3.05, 3.63) is 0 Å². The molecule has 1 aliphatic heterocycles. The second-order valence-corrected chi connectivity index (χ2v) is 6.32. The molecule has 1 saturated heterocycles. The van der Waals surface area contributed by atoms with Gasteiger partial charge in [-0.25, -0.2) is 9.57 Å². The molecule has 0 aromatic carbocycles. The molecule has 0 spiro atoms. The van der Waals surface area contributed by atoms with E-state index in [2.05, 4.69) is 11.4 Å². The number of nitrogens with zero attached hydrogens (tertiary/aromatic N) is 2. The summed E-state index contributed by atoms with van der Waals surface area (Å²) in [6.07, 6.45) is -11.8. The van der Waals surface area contributed by atoms with E-state index in [0.29, 0.717) is 5.17 Å². The minimum atomic E-state index is -4.72. The van der Waals surface area contributed by atoms with Crippen LogP contribution in [0.4, 0.5) is 13.2 Å². The molecule has 0 aromatic heterocycles. The average molecular weight is 359 g/mol. The summed E-state index contributed by atoms with van der Waals surface area (Å²) in [5, 5.41) is 20.2. The van der Waals surface area contributed by atoms with Crippen LogP contribution in [0.1, 0.15) is 13.3 Å². The lowest BCUT2D eigenvalue weighted by Crippen LogP contribution is -2.57. The Kier molecular flexibility index (Phi) is 7.37. The third-order valence-electron chi connectivity index (χ3n) is 3.20. The molecule has 1 rings (SSSR count). The first-order valence-corrected chi connectivity index (χ1v) is 7.87. The normalized spacial score (nSPS) is 29.7. The Hall–Kier alpha value is -0.770. The van der Waals surface area contributed by atoms with Crippen molar-refractivity contribution in [2.24, 2.45) is 0 Å². The zero-order valence-corrected chi connectivity index (χ0v) is 14.0. The predicted molar refractivity (Wildman–Crippen MR) is 82.3 cm³/mol. The van der Waals surface area contributed by atoms with Crippen LogP contribution in [-0.4, -0.2) is 83.7 Å². The van der Waals surface area contributed by atoms with Crippen LogP contribution in [0.5, 0.6) is 0 Å². The largest absolute Gasteiger partial charge is 0.417 e. The zero-order valence-electron chi connectivity index (χ0n) is 13.2. The third kappa shape index (κ3) is 5.37. The second-order valence-electron chi connectivity index (χ2n) is 5.19. The molecule has 23 heavy (non-hydrogen) atoms. The Morgan fingerprint density at radius 1 is 1.48 bits per heavy atom. The van der Waals surface area contributed by atoms with Gasteiger partial charge < -0.3 is 19.7 Å². The summed E-state index contributed by atoms with van der Waals surface area (Å²) >= 11 is 1.03. The Morgan fingerprint density at radius 3 is 2.52 bits per heavy atom. The number of hydrogen-bond donors (Lipinski definition) is 2. The molecule has 134 valence electrons. The Labute approximate surface area is 137 Å². The van der Waals surface area contributed by atoms with Crippen LogP contribution in [0.2, 0.25) is 0 Å². The molecular weight excluding hydrogens is 337 g/mol. The smallest absolute Gasteiger partial charge is 0.390 e. The van der Waals surface area contributed by atoms with Gasteiger partial charge in [0.25, 0.3) is 0 Å². The van der Waals surface area contributed by atoms with Gasteiger partial charge in [-0.15, -0.1) is 0 Å². The number of amidine groups is 1. The fourth-order valence-corrected chi connectivity index (χ4v) is 3.15. The highest BCUT2D eigenvalue weighted by Crippen LogP contribution is 2.36. The van der Waals surface area contributed by atoms with Gasteiger partial charge in [0.2, 0.25) is 0 Å². The molecule has 6 nitrogen and oxygen atoms in total. The highest BCUT2D eigenvalue weighted by atomic mass is 32.2. The Bertz CT molecular complexity index is 443. The number of thioether (sulfide) groups is 1. The summed E-state index contributed by atoms with van der Waals surface area (Å²) in [5.41, 5.74) is -0.813.